The van der Waals surface area contributed by atoms with Crippen molar-refractivity contribution < 1.29 is 44.1 Å². The number of primary amides is 1. The number of nitrogens with zero attached hydrogens (tertiary/aromatic N) is 1. The lowest BCUT2D eigenvalue weighted by Crippen LogP contribution is -2.57. The molecule has 0 aromatic rings. The maximum Gasteiger partial charge on any atom is 0.328 e. The van der Waals surface area contributed by atoms with Gasteiger partial charge in [0.1, 0.15) is 18.1 Å². The molecule has 0 aliphatic carbocycles. The zero-order valence-corrected chi connectivity index (χ0v) is 16.7. The highest BCUT2D eigenvalue weighted by molar-refractivity contribution is 5.95. The van der Waals surface area contributed by atoms with E-state index in [-0.39, 0.29) is 19.4 Å². The number of carboxylic acids is 2. The molecule has 0 aromatic heterocycles. The second-order valence-corrected chi connectivity index (χ2v) is 7.04. The quantitative estimate of drug-likeness (QED) is 0.154. The van der Waals surface area contributed by atoms with Gasteiger partial charge >= 0.3 is 11.9 Å². The molecule has 14 heteroatoms. The normalized spacial score (nSPS) is 18.5. The zero-order valence-electron chi connectivity index (χ0n) is 16.7. The molecule has 0 aromatic carbocycles. The van der Waals surface area contributed by atoms with Crippen molar-refractivity contribution in [2.24, 2.45) is 11.5 Å². The average molecular weight is 445 g/mol. The first kappa shape index (κ1) is 25.8. The number of amides is 4. The van der Waals surface area contributed by atoms with Crippen LogP contribution in [0.1, 0.15) is 32.1 Å². The number of hydrogen-bond acceptors (Lipinski definition) is 8. The molecule has 1 heterocycles. The van der Waals surface area contributed by atoms with Crippen LogP contribution in [0.4, 0.5) is 0 Å². The van der Waals surface area contributed by atoms with E-state index in [1.54, 1.807) is 0 Å². The highest BCUT2D eigenvalue weighted by Gasteiger charge is 2.38. The van der Waals surface area contributed by atoms with Crippen molar-refractivity contribution in [2.75, 3.05) is 13.2 Å². The van der Waals surface area contributed by atoms with Gasteiger partial charge in [-0.2, -0.15) is 0 Å². The SMILES string of the molecule is NC(=O)CC(N)C(=O)N1CCCC1C(=O)NC(CCC(=O)O)C(=O)NC(CO)C(=O)O. The number of aliphatic hydroxyl groups excluding tert-OH is 1. The summed E-state index contributed by atoms with van der Waals surface area (Å²) in [6.45, 7) is -0.732. The van der Waals surface area contributed by atoms with Gasteiger partial charge in [0.05, 0.1) is 19.1 Å². The summed E-state index contributed by atoms with van der Waals surface area (Å²) in [5.74, 6) is -6.00. The fourth-order valence-corrected chi connectivity index (χ4v) is 3.08. The second kappa shape index (κ2) is 11.8. The number of carbonyl (C=O) groups is 6. The van der Waals surface area contributed by atoms with E-state index in [2.05, 4.69) is 5.32 Å². The van der Waals surface area contributed by atoms with E-state index in [0.717, 1.165) is 4.90 Å². The fraction of sp³-hybridized carbons (Fsp3) is 0.647. The van der Waals surface area contributed by atoms with Gasteiger partial charge in [-0.3, -0.25) is 24.0 Å². The maximum absolute atomic E-state index is 12.7. The molecule has 0 bridgehead atoms. The Morgan fingerprint density at radius 1 is 1.06 bits per heavy atom. The van der Waals surface area contributed by atoms with Gasteiger partial charge in [0.15, 0.2) is 0 Å². The third-order valence-electron chi connectivity index (χ3n) is 4.65. The lowest BCUT2D eigenvalue weighted by atomic mass is 10.1. The van der Waals surface area contributed by atoms with E-state index >= 15 is 0 Å². The average Bonchev–Trinajstić information content (AvgIpc) is 3.17. The van der Waals surface area contributed by atoms with Gasteiger partial charge in [0.25, 0.3) is 0 Å². The lowest BCUT2D eigenvalue weighted by Gasteiger charge is -2.28. The highest BCUT2D eigenvalue weighted by atomic mass is 16.4. The smallest absolute Gasteiger partial charge is 0.328 e. The standard InChI is InChI=1S/C17H27N5O9/c18-8(6-12(19)24)16(29)22-5-1-2-11(22)15(28)20-9(3-4-13(25)26)14(27)21-10(7-23)17(30)31/h8-11,23H,1-7,18H2,(H2,19,24)(H,20,28)(H,21,27)(H,25,26)(H,30,31). The number of aliphatic carboxylic acids is 2. The fourth-order valence-electron chi connectivity index (χ4n) is 3.08. The second-order valence-electron chi connectivity index (χ2n) is 7.04. The Hall–Kier alpha value is -3.26. The Morgan fingerprint density at radius 3 is 2.23 bits per heavy atom. The zero-order chi connectivity index (χ0) is 23.7. The van der Waals surface area contributed by atoms with Crippen LogP contribution in [0.5, 0.6) is 0 Å². The lowest BCUT2D eigenvalue weighted by molar-refractivity contribution is -0.144. The summed E-state index contributed by atoms with van der Waals surface area (Å²) in [6, 6.07) is -5.32. The van der Waals surface area contributed by atoms with Crippen LogP contribution in [-0.4, -0.2) is 93.1 Å². The van der Waals surface area contributed by atoms with Crippen LogP contribution in [-0.2, 0) is 28.8 Å². The number of aliphatic hydroxyl groups is 1. The number of nitrogens with one attached hydrogen (secondary N) is 2. The Balaban J connectivity index is 2.91. The molecule has 1 aliphatic rings. The van der Waals surface area contributed by atoms with E-state index in [9.17, 15) is 28.8 Å². The molecule has 4 amide bonds. The molecular weight excluding hydrogens is 418 g/mol. The third kappa shape index (κ3) is 7.82. The van der Waals surface area contributed by atoms with Crippen molar-refractivity contribution in [3.8, 4) is 0 Å². The van der Waals surface area contributed by atoms with Gasteiger partial charge in [0, 0.05) is 13.0 Å². The summed E-state index contributed by atoms with van der Waals surface area (Å²) in [7, 11) is 0. The molecule has 1 rings (SSSR count). The van der Waals surface area contributed by atoms with E-state index in [4.69, 9.17) is 26.8 Å². The van der Waals surface area contributed by atoms with Crippen molar-refractivity contribution in [2.45, 2.75) is 56.3 Å². The number of carboxylic acid groups (broad SMARTS) is 2. The van der Waals surface area contributed by atoms with Gasteiger partial charge in [-0.05, 0) is 19.3 Å². The van der Waals surface area contributed by atoms with Crippen LogP contribution in [0, 0.1) is 0 Å². The Kier molecular flexibility index (Phi) is 9.82. The minimum absolute atomic E-state index is 0.182. The number of rotatable bonds is 12. The Bertz CT molecular complexity index is 729. The summed E-state index contributed by atoms with van der Waals surface area (Å²) in [5, 5.41) is 31.2. The summed E-state index contributed by atoms with van der Waals surface area (Å²) >= 11 is 0. The first-order valence-electron chi connectivity index (χ1n) is 9.48. The van der Waals surface area contributed by atoms with Crippen molar-refractivity contribution in [3.05, 3.63) is 0 Å². The number of likely N-dealkylation sites (tertiary alicyclic amines) is 1. The summed E-state index contributed by atoms with van der Waals surface area (Å²) in [4.78, 5) is 71.6. The molecule has 174 valence electrons. The first-order chi connectivity index (χ1) is 14.5. The van der Waals surface area contributed by atoms with Gasteiger partial charge in [-0.1, -0.05) is 0 Å². The van der Waals surface area contributed by atoms with Gasteiger partial charge in [0.2, 0.25) is 23.6 Å². The molecule has 0 saturated carbocycles. The van der Waals surface area contributed by atoms with Crippen LogP contribution in [0.25, 0.3) is 0 Å². The van der Waals surface area contributed by atoms with Gasteiger partial charge in [-0.15, -0.1) is 0 Å². The van der Waals surface area contributed by atoms with Crippen molar-refractivity contribution in [3.63, 3.8) is 0 Å². The topological polar surface area (TPSA) is 242 Å². The van der Waals surface area contributed by atoms with Gasteiger partial charge in [-0.25, -0.2) is 4.79 Å². The summed E-state index contributed by atoms with van der Waals surface area (Å²) in [5.41, 5.74) is 10.7. The summed E-state index contributed by atoms with van der Waals surface area (Å²) < 4.78 is 0. The first-order valence-corrected chi connectivity index (χ1v) is 9.48. The Labute approximate surface area is 176 Å². The molecule has 0 radical (unpaired) electrons. The molecular formula is C17H27N5O9. The predicted molar refractivity (Wildman–Crippen MR) is 102 cm³/mol. The maximum atomic E-state index is 12.7. The minimum atomic E-state index is -1.65. The molecule has 0 spiro atoms. The summed E-state index contributed by atoms with van der Waals surface area (Å²) in [6.07, 6.45) is -0.586. The highest BCUT2D eigenvalue weighted by Crippen LogP contribution is 2.19. The van der Waals surface area contributed by atoms with Crippen LogP contribution in [0.3, 0.4) is 0 Å². The number of hydrogen-bond donors (Lipinski definition) is 7. The van der Waals surface area contributed by atoms with Crippen LogP contribution in [0.2, 0.25) is 0 Å². The molecule has 4 atom stereocenters. The largest absolute Gasteiger partial charge is 0.481 e. The van der Waals surface area contributed by atoms with Crippen LogP contribution in [0.15, 0.2) is 0 Å². The van der Waals surface area contributed by atoms with Gasteiger partial charge < -0.3 is 42.3 Å². The molecule has 4 unspecified atom stereocenters. The molecule has 1 aliphatic heterocycles. The third-order valence-corrected chi connectivity index (χ3v) is 4.65. The monoisotopic (exact) mass is 445 g/mol. The van der Waals surface area contributed by atoms with Crippen molar-refractivity contribution in [1.82, 2.24) is 15.5 Å². The molecule has 1 saturated heterocycles. The van der Waals surface area contributed by atoms with E-state index in [1.165, 1.54) is 0 Å². The van der Waals surface area contributed by atoms with Crippen molar-refractivity contribution >= 4 is 35.6 Å². The van der Waals surface area contributed by atoms with Crippen LogP contribution >= 0.6 is 0 Å². The van der Waals surface area contributed by atoms with Crippen LogP contribution < -0.4 is 22.1 Å². The van der Waals surface area contributed by atoms with E-state index in [0.29, 0.717) is 6.42 Å². The predicted octanol–water partition coefficient (Wildman–Crippen LogP) is -3.91. The van der Waals surface area contributed by atoms with Crippen molar-refractivity contribution in [1.29, 1.82) is 0 Å². The van der Waals surface area contributed by atoms with E-state index in [1.807, 2.05) is 5.32 Å². The number of nitrogens with two attached hydrogens (primary N) is 2. The molecule has 31 heavy (non-hydrogen) atoms. The number of carbonyl (C=O) groups excluding carboxylic acids is 4. The molecule has 1 fully saturated rings. The molecule has 9 N–H and O–H groups in total. The minimum Gasteiger partial charge on any atom is -0.481 e. The molecule has 14 nitrogen and oxygen atoms in total. The Morgan fingerprint density at radius 2 is 1.71 bits per heavy atom. The van der Waals surface area contributed by atoms with E-state index < -0.39 is 79.2 Å².